The third-order valence-electron chi connectivity index (χ3n) is 3.28. The van der Waals surface area contributed by atoms with Crippen molar-refractivity contribution in [3.05, 3.63) is 27.7 Å². The lowest BCUT2D eigenvalue weighted by Crippen LogP contribution is -2.05. The van der Waals surface area contributed by atoms with Crippen molar-refractivity contribution in [2.75, 3.05) is 6.61 Å². The zero-order valence-corrected chi connectivity index (χ0v) is 13.8. The maximum atomic E-state index is 5.92. The van der Waals surface area contributed by atoms with Crippen LogP contribution in [0.25, 0.3) is 0 Å². The molecule has 2 nitrogen and oxygen atoms in total. The SMILES string of the molecule is CCCCCCCCOc1c(C)cc(Br)cc1CN. The molecule has 1 aromatic carbocycles. The smallest absolute Gasteiger partial charge is 0.126 e. The Morgan fingerprint density at radius 3 is 2.47 bits per heavy atom. The van der Waals surface area contributed by atoms with Gasteiger partial charge in [-0.2, -0.15) is 0 Å². The molecule has 1 aromatic rings. The molecule has 108 valence electrons. The Balaban J connectivity index is 2.36. The third kappa shape index (κ3) is 5.96. The Morgan fingerprint density at radius 1 is 1.11 bits per heavy atom. The van der Waals surface area contributed by atoms with Crippen molar-refractivity contribution in [3.63, 3.8) is 0 Å². The Labute approximate surface area is 125 Å². The highest BCUT2D eigenvalue weighted by Gasteiger charge is 2.07. The molecule has 0 aliphatic carbocycles. The number of hydrogen-bond donors (Lipinski definition) is 1. The van der Waals surface area contributed by atoms with Gasteiger partial charge in [0, 0.05) is 16.6 Å². The molecular weight excluding hydrogens is 302 g/mol. The Morgan fingerprint density at radius 2 is 1.79 bits per heavy atom. The quantitative estimate of drug-likeness (QED) is 0.651. The molecule has 0 fully saturated rings. The van der Waals surface area contributed by atoms with Crippen molar-refractivity contribution < 1.29 is 4.74 Å². The van der Waals surface area contributed by atoms with Gasteiger partial charge in [-0.25, -0.2) is 0 Å². The summed E-state index contributed by atoms with van der Waals surface area (Å²) in [6.45, 7) is 5.63. The fourth-order valence-corrected chi connectivity index (χ4v) is 2.83. The molecule has 1 rings (SSSR count). The lowest BCUT2D eigenvalue weighted by molar-refractivity contribution is 0.299. The second kappa shape index (κ2) is 9.38. The molecule has 3 heteroatoms. The summed E-state index contributed by atoms with van der Waals surface area (Å²) in [4.78, 5) is 0. The average molecular weight is 328 g/mol. The van der Waals surface area contributed by atoms with Crippen molar-refractivity contribution in [2.24, 2.45) is 5.73 Å². The van der Waals surface area contributed by atoms with Crippen LogP contribution in [0.4, 0.5) is 0 Å². The molecule has 0 radical (unpaired) electrons. The van der Waals surface area contributed by atoms with Gasteiger partial charge >= 0.3 is 0 Å². The van der Waals surface area contributed by atoms with Crippen molar-refractivity contribution >= 4 is 15.9 Å². The normalized spacial score (nSPS) is 10.7. The minimum Gasteiger partial charge on any atom is -0.493 e. The topological polar surface area (TPSA) is 35.2 Å². The molecule has 0 amide bonds. The van der Waals surface area contributed by atoms with Gasteiger partial charge in [0.15, 0.2) is 0 Å². The molecule has 0 saturated carbocycles. The summed E-state index contributed by atoms with van der Waals surface area (Å²) < 4.78 is 6.99. The largest absolute Gasteiger partial charge is 0.493 e. The number of nitrogens with two attached hydrogens (primary N) is 1. The predicted octanol–water partition coefficient (Wildman–Crippen LogP) is 4.96. The Bertz CT molecular complexity index is 379. The number of rotatable bonds is 9. The van der Waals surface area contributed by atoms with Gasteiger partial charge in [-0.15, -0.1) is 0 Å². The first-order valence-corrected chi connectivity index (χ1v) is 8.10. The van der Waals surface area contributed by atoms with Gasteiger partial charge in [0.25, 0.3) is 0 Å². The van der Waals surface area contributed by atoms with Crippen LogP contribution >= 0.6 is 15.9 Å². The highest BCUT2D eigenvalue weighted by Crippen LogP contribution is 2.28. The Kier molecular flexibility index (Phi) is 8.15. The van der Waals surface area contributed by atoms with E-state index in [2.05, 4.69) is 35.8 Å². The molecule has 0 spiro atoms. The zero-order valence-electron chi connectivity index (χ0n) is 12.2. The lowest BCUT2D eigenvalue weighted by atomic mass is 10.1. The number of hydrogen-bond acceptors (Lipinski definition) is 2. The number of halogens is 1. The van der Waals surface area contributed by atoms with E-state index in [1.165, 1.54) is 32.1 Å². The second-order valence-electron chi connectivity index (χ2n) is 5.03. The molecule has 0 aromatic heterocycles. The van der Waals surface area contributed by atoms with E-state index in [0.29, 0.717) is 6.54 Å². The summed E-state index contributed by atoms with van der Waals surface area (Å²) in [5, 5.41) is 0. The van der Waals surface area contributed by atoms with Gasteiger partial charge in [0.05, 0.1) is 6.61 Å². The van der Waals surface area contributed by atoms with Crippen LogP contribution in [0.1, 0.15) is 56.6 Å². The summed E-state index contributed by atoms with van der Waals surface area (Å²) in [5.74, 6) is 0.972. The fourth-order valence-electron chi connectivity index (χ4n) is 2.21. The molecule has 0 bridgehead atoms. The van der Waals surface area contributed by atoms with Crippen molar-refractivity contribution in [1.29, 1.82) is 0 Å². The standard InChI is InChI=1S/C16H26BrNO/c1-3-4-5-6-7-8-9-19-16-13(2)10-15(17)11-14(16)12-18/h10-11H,3-9,12,18H2,1-2H3. The van der Waals surface area contributed by atoms with Crippen LogP contribution in [0.2, 0.25) is 0 Å². The Hall–Kier alpha value is -0.540. The first-order valence-electron chi connectivity index (χ1n) is 7.31. The summed E-state index contributed by atoms with van der Waals surface area (Å²) in [7, 11) is 0. The molecule has 0 aliphatic heterocycles. The zero-order chi connectivity index (χ0) is 14.1. The summed E-state index contributed by atoms with van der Waals surface area (Å²) in [5.41, 5.74) is 8.01. The van der Waals surface area contributed by atoms with Gasteiger partial charge in [-0.1, -0.05) is 55.0 Å². The second-order valence-corrected chi connectivity index (χ2v) is 5.95. The lowest BCUT2D eigenvalue weighted by Gasteiger charge is -2.14. The van der Waals surface area contributed by atoms with E-state index >= 15 is 0 Å². The molecule has 0 atom stereocenters. The number of unbranched alkanes of at least 4 members (excludes halogenated alkanes) is 5. The van der Waals surface area contributed by atoms with Gasteiger partial charge < -0.3 is 10.5 Å². The van der Waals surface area contributed by atoms with Crippen LogP contribution in [0.3, 0.4) is 0 Å². The van der Waals surface area contributed by atoms with Crippen LogP contribution < -0.4 is 10.5 Å². The minimum absolute atomic E-state index is 0.520. The monoisotopic (exact) mass is 327 g/mol. The van der Waals surface area contributed by atoms with Gasteiger partial charge in [-0.05, 0) is 31.0 Å². The number of benzene rings is 1. The molecule has 0 aliphatic rings. The number of ether oxygens (including phenoxy) is 1. The fraction of sp³-hybridized carbons (Fsp3) is 0.625. The van der Waals surface area contributed by atoms with Crippen LogP contribution in [0, 0.1) is 6.92 Å². The van der Waals surface area contributed by atoms with E-state index in [9.17, 15) is 0 Å². The van der Waals surface area contributed by atoms with Crippen LogP contribution in [0.5, 0.6) is 5.75 Å². The third-order valence-corrected chi connectivity index (χ3v) is 3.74. The van der Waals surface area contributed by atoms with Gasteiger partial charge in [0.1, 0.15) is 5.75 Å². The molecular formula is C16H26BrNO. The first kappa shape index (κ1) is 16.5. The first-order chi connectivity index (χ1) is 9.19. The summed E-state index contributed by atoms with van der Waals surface area (Å²) in [6, 6.07) is 4.12. The highest BCUT2D eigenvalue weighted by molar-refractivity contribution is 9.10. The predicted molar refractivity (Wildman–Crippen MR) is 85.6 cm³/mol. The molecule has 0 unspecified atom stereocenters. The van der Waals surface area contributed by atoms with Crippen molar-refractivity contribution in [3.8, 4) is 5.75 Å². The van der Waals surface area contributed by atoms with E-state index in [-0.39, 0.29) is 0 Å². The van der Waals surface area contributed by atoms with Gasteiger partial charge in [0.2, 0.25) is 0 Å². The van der Waals surface area contributed by atoms with E-state index in [4.69, 9.17) is 10.5 Å². The van der Waals surface area contributed by atoms with Crippen molar-refractivity contribution in [1.82, 2.24) is 0 Å². The van der Waals surface area contributed by atoms with E-state index in [1.54, 1.807) is 0 Å². The van der Waals surface area contributed by atoms with Gasteiger partial charge in [-0.3, -0.25) is 0 Å². The molecule has 2 N–H and O–H groups in total. The van der Waals surface area contributed by atoms with E-state index in [1.807, 2.05) is 6.07 Å². The minimum atomic E-state index is 0.520. The maximum absolute atomic E-state index is 5.92. The highest BCUT2D eigenvalue weighted by atomic mass is 79.9. The summed E-state index contributed by atoms with van der Waals surface area (Å²) >= 11 is 3.49. The van der Waals surface area contributed by atoms with E-state index < -0.39 is 0 Å². The average Bonchev–Trinajstić information content (AvgIpc) is 2.39. The van der Waals surface area contributed by atoms with Crippen LogP contribution in [-0.2, 0) is 6.54 Å². The maximum Gasteiger partial charge on any atom is 0.126 e. The number of aryl methyl sites for hydroxylation is 1. The molecule has 0 heterocycles. The van der Waals surface area contributed by atoms with E-state index in [0.717, 1.165) is 34.4 Å². The molecule has 19 heavy (non-hydrogen) atoms. The van der Waals surface area contributed by atoms with Crippen LogP contribution in [-0.4, -0.2) is 6.61 Å². The van der Waals surface area contributed by atoms with Crippen molar-refractivity contribution in [2.45, 2.75) is 58.9 Å². The van der Waals surface area contributed by atoms with Crippen LogP contribution in [0.15, 0.2) is 16.6 Å². The summed E-state index contributed by atoms with van der Waals surface area (Å²) in [6.07, 6.45) is 7.71. The molecule has 0 saturated heterocycles.